The zero-order chi connectivity index (χ0) is 21.4. The molecule has 0 aliphatic carbocycles. The molecule has 0 unspecified atom stereocenters. The number of H-pyrrole nitrogens is 1. The number of aromatic carboxylic acids is 1. The molecule has 0 aliphatic heterocycles. The van der Waals surface area contributed by atoms with Crippen molar-refractivity contribution in [2.75, 3.05) is 0 Å². The SMILES string of the molecule is O=C(O)c1cnn(-c2nc3ccn(Cc4ccccc4-c4ccccc4)c3c(=O)[nH]2)c1. The molecule has 0 saturated carbocycles. The van der Waals surface area contributed by atoms with E-state index in [1.807, 2.05) is 47.2 Å². The molecule has 5 aromatic rings. The Morgan fingerprint density at radius 2 is 1.81 bits per heavy atom. The van der Waals surface area contributed by atoms with E-state index >= 15 is 0 Å². The fraction of sp³-hybridized carbons (Fsp3) is 0.0435. The Labute approximate surface area is 176 Å². The molecule has 8 nitrogen and oxygen atoms in total. The molecule has 3 aromatic heterocycles. The molecule has 2 N–H and O–H groups in total. The third-order valence-electron chi connectivity index (χ3n) is 5.10. The van der Waals surface area contributed by atoms with Crippen LogP contribution in [0.25, 0.3) is 28.1 Å². The van der Waals surface area contributed by atoms with Crippen molar-refractivity contribution in [1.82, 2.24) is 24.3 Å². The number of aromatic nitrogens is 5. The van der Waals surface area contributed by atoms with Gasteiger partial charge in [-0.25, -0.2) is 14.5 Å². The van der Waals surface area contributed by atoms with Crippen molar-refractivity contribution < 1.29 is 9.90 Å². The van der Waals surface area contributed by atoms with Crippen molar-refractivity contribution in [3.05, 3.63) is 101 Å². The molecule has 0 atom stereocenters. The van der Waals surface area contributed by atoms with Gasteiger partial charge < -0.3 is 9.67 Å². The van der Waals surface area contributed by atoms with Gasteiger partial charge in [-0.15, -0.1) is 0 Å². The number of aromatic amines is 1. The summed E-state index contributed by atoms with van der Waals surface area (Å²) in [7, 11) is 0. The molecule has 31 heavy (non-hydrogen) atoms. The van der Waals surface area contributed by atoms with E-state index in [1.165, 1.54) is 17.1 Å². The van der Waals surface area contributed by atoms with E-state index in [2.05, 4.69) is 33.3 Å². The van der Waals surface area contributed by atoms with E-state index in [1.54, 1.807) is 6.07 Å². The number of carboxylic acid groups (broad SMARTS) is 1. The first-order valence-electron chi connectivity index (χ1n) is 9.61. The van der Waals surface area contributed by atoms with E-state index in [0.29, 0.717) is 17.6 Å². The predicted molar refractivity (Wildman–Crippen MR) is 115 cm³/mol. The molecule has 0 bridgehead atoms. The molecule has 8 heteroatoms. The van der Waals surface area contributed by atoms with E-state index in [4.69, 9.17) is 5.11 Å². The Hall–Kier alpha value is -4.46. The van der Waals surface area contributed by atoms with Crippen LogP contribution in [0.3, 0.4) is 0 Å². The standard InChI is InChI=1S/C23H17N5O3/c29-21-20-19(25-23(26-21)28-14-17(12-24-28)22(30)31)10-11-27(20)13-16-8-4-5-9-18(16)15-6-2-1-3-7-15/h1-12,14H,13H2,(H,30,31)(H,25,26,29). The van der Waals surface area contributed by atoms with Crippen molar-refractivity contribution in [1.29, 1.82) is 0 Å². The summed E-state index contributed by atoms with van der Waals surface area (Å²) in [6.45, 7) is 0.504. The Kier molecular flexibility index (Phi) is 4.44. The van der Waals surface area contributed by atoms with Crippen molar-refractivity contribution in [2.24, 2.45) is 0 Å². The topological polar surface area (TPSA) is 106 Å². The van der Waals surface area contributed by atoms with Gasteiger partial charge in [0.2, 0.25) is 5.95 Å². The second-order valence-electron chi connectivity index (χ2n) is 7.07. The van der Waals surface area contributed by atoms with Gasteiger partial charge in [-0.1, -0.05) is 54.6 Å². The normalized spacial score (nSPS) is 11.1. The van der Waals surface area contributed by atoms with E-state index < -0.39 is 5.97 Å². The van der Waals surface area contributed by atoms with Crippen LogP contribution in [0.4, 0.5) is 0 Å². The van der Waals surface area contributed by atoms with Crippen LogP contribution in [0, 0.1) is 0 Å². The zero-order valence-electron chi connectivity index (χ0n) is 16.3. The van der Waals surface area contributed by atoms with Crippen molar-refractivity contribution in [3.63, 3.8) is 0 Å². The summed E-state index contributed by atoms with van der Waals surface area (Å²) in [5, 5.41) is 13.0. The van der Waals surface area contributed by atoms with E-state index in [0.717, 1.165) is 16.7 Å². The number of hydrogen-bond acceptors (Lipinski definition) is 4. The van der Waals surface area contributed by atoms with Crippen LogP contribution in [0.5, 0.6) is 0 Å². The highest BCUT2D eigenvalue weighted by Gasteiger charge is 2.14. The summed E-state index contributed by atoms with van der Waals surface area (Å²) >= 11 is 0. The van der Waals surface area contributed by atoms with Crippen molar-refractivity contribution in [3.8, 4) is 17.1 Å². The number of carbonyl (C=O) groups is 1. The first kappa shape index (κ1) is 18.6. The molecule has 0 aliphatic rings. The quantitative estimate of drug-likeness (QED) is 0.461. The van der Waals surface area contributed by atoms with Gasteiger partial charge >= 0.3 is 5.97 Å². The smallest absolute Gasteiger partial charge is 0.338 e. The largest absolute Gasteiger partial charge is 0.478 e. The minimum atomic E-state index is -1.10. The lowest BCUT2D eigenvalue weighted by Gasteiger charge is -2.11. The number of nitrogens with one attached hydrogen (secondary N) is 1. The average Bonchev–Trinajstić information content (AvgIpc) is 3.43. The minimum absolute atomic E-state index is 0.0119. The summed E-state index contributed by atoms with van der Waals surface area (Å²) in [5.41, 5.74) is 3.92. The second kappa shape index (κ2) is 7.42. The monoisotopic (exact) mass is 411 g/mol. The average molecular weight is 411 g/mol. The fourth-order valence-electron chi connectivity index (χ4n) is 3.63. The lowest BCUT2D eigenvalue weighted by molar-refractivity contribution is 0.0697. The Morgan fingerprint density at radius 3 is 2.58 bits per heavy atom. The number of nitrogens with zero attached hydrogens (tertiary/aromatic N) is 4. The van der Waals surface area contributed by atoms with Crippen molar-refractivity contribution >= 4 is 17.0 Å². The summed E-state index contributed by atoms with van der Waals surface area (Å²) < 4.78 is 3.10. The number of carboxylic acids is 1. The molecule has 0 fully saturated rings. The Bertz CT molecular complexity index is 1460. The molecule has 3 heterocycles. The van der Waals surface area contributed by atoms with Gasteiger partial charge in [-0.05, 0) is 22.8 Å². The van der Waals surface area contributed by atoms with Crippen LogP contribution in [0.2, 0.25) is 0 Å². The first-order chi connectivity index (χ1) is 15.1. The van der Waals surface area contributed by atoms with Gasteiger partial charge in [0, 0.05) is 18.9 Å². The number of fused-ring (bicyclic) bond motifs is 1. The third kappa shape index (κ3) is 3.40. The third-order valence-corrected chi connectivity index (χ3v) is 5.10. The predicted octanol–water partition coefficient (Wildman–Crippen LogP) is 3.32. The molecule has 0 spiro atoms. The summed E-state index contributed by atoms with van der Waals surface area (Å²) in [6, 6.07) is 19.9. The number of rotatable bonds is 5. The molecule has 0 amide bonds. The van der Waals surface area contributed by atoms with Crippen LogP contribution < -0.4 is 5.56 Å². The molecule has 0 saturated heterocycles. The minimum Gasteiger partial charge on any atom is -0.478 e. The van der Waals surface area contributed by atoms with Gasteiger partial charge in [0.25, 0.3) is 5.56 Å². The maximum Gasteiger partial charge on any atom is 0.338 e. The van der Waals surface area contributed by atoms with Gasteiger partial charge in [0.05, 0.1) is 17.3 Å². The summed E-state index contributed by atoms with van der Waals surface area (Å²) in [4.78, 5) is 31.1. The van der Waals surface area contributed by atoms with Gasteiger partial charge in [-0.3, -0.25) is 9.78 Å². The molecule has 5 rings (SSSR count). The lowest BCUT2D eigenvalue weighted by atomic mass is 10.00. The molecule has 0 radical (unpaired) electrons. The van der Waals surface area contributed by atoms with Gasteiger partial charge in [0.15, 0.2) is 0 Å². The Balaban J connectivity index is 1.54. The van der Waals surface area contributed by atoms with Crippen LogP contribution in [-0.2, 0) is 6.54 Å². The van der Waals surface area contributed by atoms with E-state index in [9.17, 15) is 9.59 Å². The fourth-order valence-corrected chi connectivity index (χ4v) is 3.63. The highest BCUT2D eigenvalue weighted by molar-refractivity contribution is 5.87. The van der Waals surface area contributed by atoms with Crippen LogP contribution in [-0.4, -0.2) is 35.4 Å². The maximum atomic E-state index is 12.9. The maximum absolute atomic E-state index is 12.9. The van der Waals surface area contributed by atoms with Gasteiger partial charge in [0.1, 0.15) is 5.52 Å². The highest BCUT2D eigenvalue weighted by atomic mass is 16.4. The molecular weight excluding hydrogens is 394 g/mol. The van der Waals surface area contributed by atoms with Crippen LogP contribution in [0.15, 0.2) is 84.0 Å². The van der Waals surface area contributed by atoms with E-state index in [-0.39, 0.29) is 17.1 Å². The Morgan fingerprint density at radius 1 is 1.03 bits per heavy atom. The number of benzene rings is 2. The highest BCUT2D eigenvalue weighted by Crippen LogP contribution is 2.25. The van der Waals surface area contributed by atoms with Crippen molar-refractivity contribution in [2.45, 2.75) is 6.54 Å². The zero-order valence-corrected chi connectivity index (χ0v) is 16.3. The lowest BCUT2D eigenvalue weighted by Crippen LogP contribution is -2.16. The molecule has 152 valence electrons. The van der Waals surface area contributed by atoms with Crippen LogP contribution in [0.1, 0.15) is 15.9 Å². The van der Waals surface area contributed by atoms with Gasteiger partial charge in [-0.2, -0.15) is 5.10 Å². The van der Waals surface area contributed by atoms with Crippen LogP contribution >= 0.6 is 0 Å². The summed E-state index contributed by atoms with van der Waals surface area (Å²) in [5.74, 6) is -0.939. The molecular formula is C23H17N5O3. The first-order valence-corrected chi connectivity index (χ1v) is 9.61. The molecule has 2 aromatic carbocycles. The second-order valence-corrected chi connectivity index (χ2v) is 7.07. The summed E-state index contributed by atoms with van der Waals surface area (Å²) in [6.07, 6.45) is 4.34. The number of hydrogen-bond donors (Lipinski definition) is 2.